The van der Waals surface area contributed by atoms with Crippen LogP contribution in [0.5, 0.6) is 0 Å². The fraction of sp³-hybridized carbons (Fsp3) is 0.412. The van der Waals surface area contributed by atoms with E-state index in [9.17, 15) is 9.59 Å². The highest BCUT2D eigenvalue weighted by Crippen LogP contribution is 2.11. The fourth-order valence-electron chi connectivity index (χ4n) is 2.11. The van der Waals surface area contributed by atoms with Gasteiger partial charge in [-0.05, 0) is 19.4 Å². The Morgan fingerprint density at radius 2 is 1.92 bits per heavy atom. The summed E-state index contributed by atoms with van der Waals surface area (Å²) in [5.41, 5.74) is 0.678. The quantitative estimate of drug-likeness (QED) is 0.694. The summed E-state index contributed by atoms with van der Waals surface area (Å²) in [6.07, 6.45) is 1.10. The Labute approximate surface area is 148 Å². The van der Waals surface area contributed by atoms with Crippen LogP contribution in [0.1, 0.15) is 18.1 Å². The minimum absolute atomic E-state index is 0.0474. The lowest BCUT2D eigenvalue weighted by atomic mass is 10.2. The summed E-state index contributed by atoms with van der Waals surface area (Å²) in [6, 6.07) is 9.89. The van der Waals surface area contributed by atoms with Crippen LogP contribution in [0.25, 0.3) is 0 Å². The van der Waals surface area contributed by atoms with Gasteiger partial charge in [0.05, 0.1) is 18.8 Å². The molecule has 0 fully saturated rings. The zero-order valence-corrected chi connectivity index (χ0v) is 15.3. The molecule has 2 rings (SSSR count). The predicted octanol–water partition coefficient (Wildman–Crippen LogP) is 2.19. The lowest BCUT2D eigenvalue weighted by molar-refractivity contribution is -0.0809. The molecule has 0 aliphatic rings. The number of halogens is 1. The summed E-state index contributed by atoms with van der Waals surface area (Å²) < 4.78 is 12.9. The van der Waals surface area contributed by atoms with Gasteiger partial charge in [0.1, 0.15) is 6.73 Å². The largest absolute Gasteiger partial charge is 0.371 e. The predicted molar refractivity (Wildman–Crippen MR) is 95.4 cm³/mol. The highest BCUT2D eigenvalue weighted by molar-refractivity contribution is 9.09. The van der Waals surface area contributed by atoms with E-state index in [0.29, 0.717) is 17.5 Å². The molecular weight excluding hydrogens is 376 g/mol. The number of nitrogens with zero attached hydrogens (tertiary/aromatic N) is 1. The Bertz CT molecular complexity index is 757. The first kappa shape index (κ1) is 18.6. The van der Waals surface area contributed by atoms with Gasteiger partial charge in [0.25, 0.3) is 5.56 Å². The van der Waals surface area contributed by atoms with Crippen LogP contribution in [0.2, 0.25) is 0 Å². The standard InChI is InChI=1S/C17H21BrN2O4/c1-12-9-20(17(22)19-16(12)21)11-24-15(8-18)13(2)23-10-14-6-4-3-5-7-14/h3-7,9,13,15H,8,10-11H2,1-2H3,(H,19,21,22)/t13-,15+/m0/s1. The van der Waals surface area contributed by atoms with E-state index in [1.54, 1.807) is 6.92 Å². The Kier molecular flexibility index (Phi) is 6.96. The van der Waals surface area contributed by atoms with Crippen molar-refractivity contribution in [3.8, 4) is 0 Å². The highest BCUT2D eigenvalue weighted by Gasteiger charge is 2.18. The van der Waals surface area contributed by atoms with Gasteiger partial charge in [0, 0.05) is 17.1 Å². The molecule has 0 bridgehead atoms. The Morgan fingerprint density at radius 3 is 2.58 bits per heavy atom. The summed E-state index contributed by atoms with van der Waals surface area (Å²) >= 11 is 3.41. The molecular formula is C17H21BrN2O4. The molecule has 0 saturated carbocycles. The SMILES string of the molecule is Cc1cn(CO[C@H](CBr)[C@H](C)OCc2ccccc2)c(=O)[nH]c1=O. The molecule has 2 atom stereocenters. The van der Waals surface area contributed by atoms with Crippen LogP contribution in [-0.4, -0.2) is 27.1 Å². The molecule has 0 aliphatic carbocycles. The molecule has 0 radical (unpaired) electrons. The van der Waals surface area contributed by atoms with Crippen molar-refractivity contribution in [3.05, 3.63) is 68.5 Å². The highest BCUT2D eigenvalue weighted by atomic mass is 79.9. The van der Waals surface area contributed by atoms with E-state index in [1.165, 1.54) is 10.8 Å². The lowest BCUT2D eigenvalue weighted by Crippen LogP contribution is -2.35. The van der Waals surface area contributed by atoms with Crippen LogP contribution >= 0.6 is 15.9 Å². The van der Waals surface area contributed by atoms with E-state index >= 15 is 0 Å². The summed E-state index contributed by atoms with van der Waals surface area (Å²) in [7, 11) is 0. The van der Waals surface area contributed by atoms with E-state index < -0.39 is 5.69 Å². The maximum absolute atomic E-state index is 11.8. The van der Waals surface area contributed by atoms with Gasteiger partial charge in [-0.2, -0.15) is 0 Å². The number of benzene rings is 1. The number of aromatic amines is 1. The molecule has 1 aromatic heterocycles. The van der Waals surface area contributed by atoms with E-state index in [-0.39, 0.29) is 24.5 Å². The summed E-state index contributed by atoms with van der Waals surface area (Å²) in [5, 5.41) is 0.569. The number of aryl methyl sites for hydroxylation is 1. The van der Waals surface area contributed by atoms with E-state index in [0.717, 1.165) is 5.56 Å². The third-order valence-electron chi connectivity index (χ3n) is 3.65. The molecule has 6 nitrogen and oxygen atoms in total. The maximum atomic E-state index is 11.8. The first-order valence-corrected chi connectivity index (χ1v) is 8.77. The number of nitrogens with one attached hydrogen (secondary N) is 1. The second-order valence-corrected chi connectivity index (χ2v) is 6.18. The normalized spacial score (nSPS) is 13.6. The number of aromatic nitrogens is 2. The Hall–Kier alpha value is -1.70. The van der Waals surface area contributed by atoms with E-state index in [4.69, 9.17) is 9.47 Å². The summed E-state index contributed by atoms with van der Waals surface area (Å²) in [6.45, 7) is 4.11. The van der Waals surface area contributed by atoms with Crippen molar-refractivity contribution in [2.24, 2.45) is 0 Å². The third kappa shape index (κ3) is 5.15. The van der Waals surface area contributed by atoms with Gasteiger partial charge < -0.3 is 9.47 Å². The molecule has 0 saturated heterocycles. The van der Waals surface area contributed by atoms with Gasteiger partial charge in [-0.15, -0.1) is 0 Å². The number of hydrogen-bond acceptors (Lipinski definition) is 4. The number of hydrogen-bond donors (Lipinski definition) is 1. The van der Waals surface area contributed by atoms with Crippen LogP contribution in [0, 0.1) is 6.92 Å². The fourth-order valence-corrected chi connectivity index (χ4v) is 2.82. The van der Waals surface area contributed by atoms with Crippen molar-refractivity contribution < 1.29 is 9.47 Å². The molecule has 1 aromatic carbocycles. The number of ether oxygens (including phenoxy) is 2. The topological polar surface area (TPSA) is 73.3 Å². The minimum Gasteiger partial charge on any atom is -0.371 e. The first-order chi connectivity index (χ1) is 11.5. The average molecular weight is 397 g/mol. The molecule has 1 N–H and O–H groups in total. The van der Waals surface area contributed by atoms with Crippen LogP contribution in [0.15, 0.2) is 46.1 Å². The van der Waals surface area contributed by atoms with Crippen molar-refractivity contribution in [1.29, 1.82) is 0 Å². The lowest BCUT2D eigenvalue weighted by Gasteiger charge is -2.23. The first-order valence-electron chi connectivity index (χ1n) is 7.64. The second kappa shape index (κ2) is 8.96. The zero-order valence-electron chi connectivity index (χ0n) is 13.7. The van der Waals surface area contributed by atoms with Crippen LogP contribution in [0.4, 0.5) is 0 Å². The van der Waals surface area contributed by atoms with Crippen molar-refractivity contribution in [2.75, 3.05) is 5.33 Å². The number of rotatable bonds is 8. The van der Waals surface area contributed by atoms with Crippen molar-refractivity contribution in [1.82, 2.24) is 9.55 Å². The average Bonchev–Trinajstić information content (AvgIpc) is 2.58. The Balaban J connectivity index is 1.93. The van der Waals surface area contributed by atoms with Gasteiger partial charge in [0.15, 0.2) is 0 Å². The van der Waals surface area contributed by atoms with Crippen LogP contribution in [0.3, 0.4) is 0 Å². The maximum Gasteiger partial charge on any atom is 0.330 e. The third-order valence-corrected chi connectivity index (χ3v) is 4.29. The van der Waals surface area contributed by atoms with Gasteiger partial charge in [-0.25, -0.2) is 4.79 Å². The molecule has 2 aromatic rings. The molecule has 0 unspecified atom stereocenters. The van der Waals surface area contributed by atoms with E-state index in [1.807, 2.05) is 37.3 Å². The summed E-state index contributed by atoms with van der Waals surface area (Å²) in [5.74, 6) is 0. The van der Waals surface area contributed by atoms with Gasteiger partial charge >= 0.3 is 5.69 Å². The van der Waals surface area contributed by atoms with Gasteiger partial charge in [-0.3, -0.25) is 14.3 Å². The van der Waals surface area contributed by atoms with Gasteiger partial charge in [0.2, 0.25) is 0 Å². The molecule has 24 heavy (non-hydrogen) atoms. The monoisotopic (exact) mass is 396 g/mol. The number of alkyl halides is 1. The van der Waals surface area contributed by atoms with Crippen molar-refractivity contribution in [2.45, 2.75) is 39.4 Å². The van der Waals surface area contributed by atoms with Gasteiger partial charge in [-0.1, -0.05) is 46.3 Å². The van der Waals surface area contributed by atoms with Crippen molar-refractivity contribution >= 4 is 15.9 Å². The van der Waals surface area contributed by atoms with Crippen molar-refractivity contribution in [3.63, 3.8) is 0 Å². The van der Waals surface area contributed by atoms with Crippen LogP contribution < -0.4 is 11.2 Å². The Morgan fingerprint density at radius 1 is 1.21 bits per heavy atom. The molecule has 7 heteroatoms. The minimum atomic E-state index is -0.489. The number of H-pyrrole nitrogens is 1. The zero-order chi connectivity index (χ0) is 17.5. The molecule has 0 spiro atoms. The molecule has 0 amide bonds. The smallest absolute Gasteiger partial charge is 0.330 e. The van der Waals surface area contributed by atoms with E-state index in [2.05, 4.69) is 20.9 Å². The molecule has 0 aliphatic heterocycles. The van der Waals surface area contributed by atoms with Crippen LogP contribution in [-0.2, 0) is 22.8 Å². The molecule has 1 heterocycles. The molecule has 130 valence electrons. The second-order valence-electron chi connectivity index (χ2n) is 5.53. The summed E-state index contributed by atoms with van der Waals surface area (Å²) in [4.78, 5) is 25.4.